The lowest BCUT2D eigenvalue weighted by Crippen LogP contribution is -2.40. The van der Waals surface area contributed by atoms with Crippen molar-refractivity contribution in [2.75, 3.05) is 37.8 Å². The number of sulfone groups is 1. The molecular weight excluding hydrogens is 477 g/mol. The van der Waals surface area contributed by atoms with Crippen LogP contribution in [0.15, 0.2) is 41.3 Å². The highest BCUT2D eigenvalue weighted by molar-refractivity contribution is 7.92. The molecule has 0 bridgehead atoms. The Morgan fingerprint density at radius 2 is 1.74 bits per heavy atom. The molecule has 0 fully saturated rings. The van der Waals surface area contributed by atoms with E-state index < -0.39 is 21.5 Å². The molecule has 0 atom stereocenters. The Balaban J connectivity index is 0.00000341. The lowest BCUT2D eigenvalue weighted by Gasteiger charge is -2.22. The smallest absolute Gasteiger partial charge is 0.244 e. The zero-order chi connectivity index (χ0) is 22.1. The van der Waals surface area contributed by atoms with Crippen molar-refractivity contribution in [1.82, 2.24) is 9.88 Å². The van der Waals surface area contributed by atoms with Gasteiger partial charge in [-0.25, -0.2) is 13.4 Å². The molecule has 10 heteroatoms. The van der Waals surface area contributed by atoms with E-state index in [1.54, 1.807) is 0 Å². The zero-order valence-electron chi connectivity index (χ0n) is 17.8. The minimum absolute atomic E-state index is 0. The summed E-state index contributed by atoms with van der Waals surface area (Å²) >= 11 is 7.25. The molecule has 0 aliphatic carbocycles. The number of aromatic nitrogens is 1. The third-order valence-corrected chi connectivity index (χ3v) is 7.50. The van der Waals surface area contributed by atoms with Gasteiger partial charge in [0, 0.05) is 18.1 Å². The summed E-state index contributed by atoms with van der Waals surface area (Å²) in [5.41, 5.74) is 2.98. The Labute approximate surface area is 198 Å². The number of fused-ring (bicyclic) bond motifs is 1. The van der Waals surface area contributed by atoms with Crippen LogP contribution in [0.2, 0.25) is 5.02 Å². The van der Waals surface area contributed by atoms with Gasteiger partial charge < -0.3 is 4.90 Å². The van der Waals surface area contributed by atoms with E-state index in [-0.39, 0.29) is 17.3 Å². The Kier molecular flexibility index (Phi) is 8.47. The number of aryl methyl sites for hydroxylation is 2. The minimum Gasteiger partial charge on any atom is -0.308 e. The molecule has 1 heterocycles. The first kappa shape index (κ1) is 25.5. The maximum atomic E-state index is 13.1. The van der Waals surface area contributed by atoms with E-state index in [2.05, 4.69) is 4.98 Å². The van der Waals surface area contributed by atoms with Crippen LogP contribution in [0.1, 0.15) is 11.1 Å². The number of likely N-dealkylation sites (N-methyl/N-ethyl adjacent to an activating group) is 1. The van der Waals surface area contributed by atoms with E-state index in [0.717, 1.165) is 21.3 Å². The molecule has 168 valence electrons. The van der Waals surface area contributed by atoms with Gasteiger partial charge in [-0.05, 0) is 69.4 Å². The summed E-state index contributed by atoms with van der Waals surface area (Å²) in [4.78, 5) is 21.3. The van der Waals surface area contributed by atoms with Crippen LogP contribution >= 0.6 is 35.3 Å². The highest BCUT2D eigenvalue weighted by Gasteiger charge is 2.27. The standard InChI is InChI=1S/C21H24ClN3O3S2.ClH/c1-14-11-15(2)20-18(12-14)29-21(23-20)25(10-9-24(3)4)19(26)13-30(27,28)17-7-5-16(22)6-8-17;/h5-8,11-12H,9-10,13H2,1-4H3;1H. The predicted molar refractivity (Wildman–Crippen MR) is 131 cm³/mol. The van der Waals surface area contributed by atoms with Crippen LogP contribution in [0.4, 0.5) is 5.13 Å². The third-order valence-electron chi connectivity index (χ3n) is 4.61. The molecule has 0 aliphatic heterocycles. The number of thiazole rings is 1. The molecule has 0 spiro atoms. The summed E-state index contributed by atoms with van der Waals surface area (Å²) in [7, 11) is 0.00410. The lowest BCUT2D eigenvalue weighted by atomic mass is 10.1. The summed E-state index contributed by atoms with van der Waals surface area (Å²) in [6, 6.07) is 9.91. The maximum absolute atomic E-state index is 13.1. The van der Waals surface area contributed by atoms with Crippen LogP contribution in [-0.4, -0.2) is 57.1 Å². The largest absolute Gasteiger partial charge is 0.308 e. The summed E-state index contributed by atoms with van der Waals surface area (Å²) in [5.74, 6) is -1.13. The average molecular weight is 502 g/mol. The van der Waals surface area contributed by atoms with E-state index in [1.807, 2.05) is 45.0 Å². The van der Waals surface area contributed by atoms with E-state index >= 15 is 0 Å². The summed E-state index contributed by atoms with van der Waals surface area (Å²) < 4.78 is 26.5. The van der Waals surface area contributed by atoms with Crippen LogP contribution in [0, 0.1) is 13.8 Å². The first-order valence-corrected chi connectivity index (χ1v) is 12.2. The number of halogens is 2. The lowest BCUT2D eigenvalue weighted by molar-refractivity contribution is -0.116. The number of rotatable bonds is 7. The molecule has 0 radical (unpaired) electrons. The first-order valence-electron chi connectivity index (χ1n) is 9.38. The second-order valence-corrected chi connectivity index (χ2v) is 10.9. The molecule has 0 N–H and O–H groups in total. The highest BCUT2D eigenvalue weighted by Crippen LogP contribution is 2.32. The average Bonchev–Trinajstić information content (AvgIpc) is 3.05. The molecule has 3 aromatic rings. The van der Waals surface area contributed by atoms with Crippen LogP contribution in [-0.2, 0) is 14.6 Å². The van der Waals surface area contributed by atoms with Gasteiger partial charge in [0.05, 0.1) is 15.1 Å². The maximum Gasteiger partial charge on any atom is 0.244 e. The first-order chi connectivity index (χ1) is 14.1. The summed E-state index contributed by atoms with van der Waals surface area (Å²) in [5, 5.41) is 0.949. The highest BCUT2D eigenvalue weighted by atomic mass is 35.5. The van der Waals surface area contributed by atoms with E-state index in [9.17, 15) is 13.2 Å². The summed E-state index contributed by atoms with van der Waals surface area (Å²) in [6.45, 7) is 4.93. The van der Waals surface area contributed by atoms with Gasteiger partial charge >= 0.3 is 0 Å². The SMILES string of the molecule is Cc1cc(C)c2nc(N(CCN(C)C)C(=O)CS(=O)(=O)c3ccc(Cl)cc3)sc2c1.Cl. The molecule has 1 aromatic heterocycles. The van der Waals surface area contributed by atoms with Crippen molar-refractivity contribution in [1.29, 1.82) is 0 Å². The molecular formula is C21H25Cl2N3O3S2. The Morgan fingerprint density at radius 3 is 2.35 bits per heavy atom. The van der Waals surface area contributed by atoms with Gasteiger partial charge in [-0.3, -0.25) is 9.69 Å². The van der Waals surface area contributed by atoms with E-state index in [1.165, 1.54) is 40.5 Å². The third kappa shape index (κ3) is 6.17. The molecule has 3 rings (SSSR count). The van der Waals surface area contributed by atoms with Crippen molar-refractivity contribution < 1.29 is 13.2 Å². The number of anilines is 1. The number of benzene rings is 2. The quantitative estimate of drug-likeness (QED) is 0.480. The van der Waals surface area contributed by atoms with Gasteiger partial charge in [0.25, 0.3) is 0 Å². The van der Waals surface area contributed by atoms with Crippen molar-refractivity contribution >= 4 is 66.4 Å². The summed E-state index contributed by atoms with van der Waals surface area (Å²) in [6.07, 6.45) is 0. The van der Waals surface area contributed by atoms with Crippen molar-refractivity contribution in [3.8, 4) is 0 Å². The van der Waals surface area contributed by atoms with Crippen LogP contribution in [0.5, 0.6) is 0 Å². The van der Waals surface area contributed by atoms with Gasteiger partial charge in [-0.1, -0.05) is 29.0 Å². The predicted octanol–water partition coefficient (Wildman–Crippen LogP) is 4.36. The van der Waals surface area contributed by atoms with Gasteiger partial charge in [0.1, 0.15) is 5.75 Å². The fraction of sp³-hybridized carbons (Fsp3) is 0.333. The molecule has 2 aromatic carbocycles. The van der Waals surface area contributed by atoms with Gasteiger partial charge in [0.15, 0.2) is 15.0 Å². The zero-order valence-corrected chi connectivity index (χ0v) is 21.0. The van der Waals surface area contributed by atoms with E-state index in [4.69, 9.17) is 11.6 Å². The van der Waals surface area contributed by atoms with Gasteiger partial charge in [0.2, 0.25) is 5.91 Å². The van der Waals surface area contributed by atoms with Crippen molar-refractivity contribution in [3.05, 3.63) is 52.5 Å². The second kappa shape index (κ2) is 10.3. The minimum atomic E-state index is -3.80. The van der Waals surface area contributed by atoms with Gasteiger partial charge in [-0.15, -0.1) is 12.4 Å². The van der Waals surface area contributed by atoms with Crippen LogP contribution in [0.3, 0.4) is 0 Å². The van der Waals surface area contributed by atoms with Crippen molar-refractivity contribution in [2.45, 2.75) is 18.7 Å². The fourth-order valence-corrected chi connectivity index (χ4v) is 5.58. The number of amides is 1. The molecule has 31 heavy (non-hydrogen) atoms. The molecule has 0 saturated heterocycles. The Hall–Kier alpha value is -1.71. The monoisotopic (exact) mass is 501 g/mol. The van der Waals surface area contributed by atoms with Crippen LogP contribution < -0.4 is 4.90 Å². The molecule has 1 amide bonds. The number of carbonyl (C=O) groups excluding carboxylic acids is 1. The Morgan fingerprint density at radius 1 is 1.10 bits per heavy atom. The van der Waals surface area contributed by atoms with Crippen molar-refractivity contribution in [2.24, 2.45) is 0 Å². The van der Waals surface area contributed by atoms with E-state index in [0.29, 0.717) is 23.2 Å². The van der Waals surface area contributed by atoms with Crippen molar-refractivity contribution in [3.63, 3.8) is 0 Å². The topological polar surface area (TPSA) is 70.6 Å². The number of nitrogens with zero attached hydrogens (tertiary/aromatic N) is 3. The molecule has 0 aliphatic rings. The number of carbonyl (C=O) groups is 1. The molecule has 0 saturated carbocycles. The normalized spacial score (nSPS) is 11.5. The fourth-order valence-electron chi connectivity index (χ4n) is 3.07. The van der Waals surface area contributed by atoms with Gasteiger partial charge in [-0.2, -0.15) is 0 Å². The second-order valence-electron chi connectivity index (χ2n) is 7.49. The molecule has 0 unspecified atom stereocenters. The molecule has 6 nitrogen and oxygen atoms in total. The Bertz CT molecular complexity index is 1180. The van der Waals surface area contributed by atoms with Crippen LogP contribution in [0.25, 0.3) is 10.2 Å². The number of hydrogen-bond donors (Lipinski definition) is 0. The number of hydrogen-bond acceptors (Lipinski definition) is 6.